The minimum Gasteiger partial charge on any atom is -0.332 e. The van der Waals surface area contributed by atoms with Gasteiger partial charge < -0.3 is 4.57 Å². The number of nitrogens with zero attached hydrogens (tertiary/aromatic N) is 2. The van der Waals surface area contributed by atoms with Gasteiger partial charge in [-0.05, 0) is 18.6 Å². The minimum absolute atomic E-state index is 0.394. The first-order valence-electron chi connectivity index (χ1n) is 7.68. The van der Waals surface area contributed by atoms with E-state index in [0.717, 1.165) is 6.54 Å². The van der Waals surface area contributed by atoms with Crippen LogP contribution in [0, 0.1) is 0 Å². The Balaban J connectivity index is 1.83. The third kappa shape index (κ3) is 6.73. The average Bonchev–Trinajstić information content (AvgIpc) is 2.77. The predicted molar refractivity (Wildman–Crippen MR) is 78.1 cm³/mol. The minimum atomic E-state index is 0.394. The van der Waals surface area contributed by atoms with E-state index in [1.54, 1.807) is 6.07 Å². The highest BCUT2D eigenvalue weighted by atomic mass is 15.0. The van der Waals surface area contributed by atoms with Gasteiger partial charge in [0.05, 0.1) is 0 Å². The average molecular weight is 248 g/mol. The van der Waals surface area contributed by atoms with Crippen LogP contribution >= 0.6 is 0 Å². The number of aromatic nitrogens is 1. The smallest absolute Gasteiger partial charge is 0.155 e. The Labute approximate surface area is 113 Å². The quantitative estimate of drug-likeness (QED) is 0.487. The van der Waals surface area contributed by atoms with Crippen LogP contribution in [0.4, 0.5) is 5.82 Å². The number of hydrogen-bond acceptors (Lipinski definition) is 0. The van der Waals surface area contributed by atoms with Gasteiger partial charge >= 0.3 is 0 Å². The van der Waals surface area contributed by atoms with Crippen LogP contribution in [0.3, 0.4) is 0 Å². The van der Waals surface area contributed by atoms with E-state index in [9.17, 15) is 5.73 Å². The lowest BCUT2D eigenvalue weighted by atomic mass is 10.1. The van der Waals surface area contributed by atoms with Crippen molar-refractivity contribution in [1.29, 1.82) is 0 Å². The summed E-state index contributed by atoms with van der Waals surface area (Å²) in [5, 5.41) is 0. The van der Waals surface area contributed by atoms with Gasteiger partial charge in [0.25, 0.3) is 0 Å². The highest BCUT2D eigenvalue weighted by Crippen LogP contribution is 2.12. The molecule has 0 aliphatic rings. The zero-order valence-corrected chi connectivity index (χ0v) is 11.9. The van der Waals surface area contributed by atoms with Crippen molar-refractivity contribution in [3.05, 3.63) is 18.3 Å². The van der Waals surface area contributed by atoms with Gasteiger partial charge in [0.1, 0.15) is 0 Å². The van der Waals surface area contributed by atoms with Crippen LogP contribution in [-0.2, 0) is 6.54 Å². The molecule has 1 aromatic rings. The number of aryl methyl sites for hydroxylation is 1. The zero-order valence-electron chi connectivity index (χ0n) is 11.9. The fourth-order valence-electron chi connectivity index (χ4n) is 2.36. The van der Waals surface area contributed by atoms with Gasteiger partial charge in [0.2, 0.25) is 0 Å². The van der Waals surface area contributed by atoms with Crippen molar-refractivity contribution >= 4 is 5.82 Å². The van der Waals surface area contributed by atoms with Crippen LogP contribution in [0.15, 0.2) is 18.3 Å². The van der Waals surface area contributed by atoms with Crippen molar-refractivity contribution in [3.63, 3.8) is 0 Å². The van der Waals surface area contributed by atoms with E-state index in [1.165, 1.54) is 64.2 Å². The fraction of sp³-hybridized carbons (Fsp3) is 0.750. The van der Waals surface area contributed by atoms with Crippen LogP contribution in [0.1, 0.15) is 71.1 Å². The predicted octanol–water partition coefficient (Wildman–Crippen LogP) is 5.11. The summed E-state index contributed by atoms with van der Waals surface area (Å²) in [7, 11) is 0. The topological polar surface area (TPSA) is 27.2 Å². The summed E-state index contributed by atoms with van der Waals surface area (Å²) >= 11 is 0. The van der Waals surface area contributed by atoms with E-state index in [2.05, 4.69) is 6.92 Å². The largest absolute Gasteiger partial charge is 0.332 e. The van der Waals surface area contributed by atoms with Crippen molar-refractivity contribution in [2.75, 3.05) is 0 Å². The Morgan fingerprint density at radius 1 is 0.889 bits per heavy atom. The molecular weight excluding hydrogens is 220 g/mol. The Kier molecular flexibility index (Phi) is 8.45. The van der Waals surface area contributed by atoms with Crippen molar-refractivity contribution in [1.82, 2.24) is 10.3 Å². The molecule has 0 aliphatic carbocycles. The molecule has 1 heterocycles. The molecule has 0 unspecified atom stereocenters. The molecule has 102 valence electrons. The lowest BCUT2D eigenvalue weighted by Crippen LogP contribution is -1.96. The summed E-state index contributed by atoms with van der Waals surface area (Å²) in [5.74, 6) is 0.394. The molecule has 0 N–H and O–H groups in total. The maximum absolute atomic E-state index is 9.46. The molecule has 0 saturated carbocycles. The van der Waals surface area contributed by atoms with Gasteiger partial charge in [-0.25, -0.2) is 0 Å². The van der Waals surface area contributed by atoms with Crippen LogP contribution in [0.25, 0.3) is 0 Å². The number of rotatable bonds is 11. The molecule has 0 aromatic carbocycles. The van der Waals surface area contributed by atoms with Crippen molar-refractivity contribution in [2.45, 2.75) is 77.7 Å². The molecule has 0 saturated heterocycles. The van der Waals surface area contributed by atoms with E-state index < -0.39 is 0 Å². The summed E-state index contributed by atoms with van der Waals surface area (Å²) in [6.45, 7) is 3.22. The second-order valence-corrected chi connectivity index (χ2v) is 5.24. The summed E-state index contributed by atoms with van der Waals surface area (Å²) in [6, 6.07) is 3.64. The van der Waals surface area contributed by atoms with Gasteiger partial charge in [0.15, 0.2) is 5.82 Å². The molecule has 0 aliphatic heterocycles. The SMILES string of the molecule is CCCCCCCCCCCCn1cccc1[N]. The molecule has 2 heteroatoms. The van der Waals surface area contributed by atoms with E-state index >= 15 is 0 Å². The van der Waals surface area contributed by atoms with Gasteiger partial charge in [-0.15, -0.1) is 5.73 Å². The van der Waals surface area contributed by atoms with Crippen LogP contribution in [0.5, 0.6) is 0 Å². The molecule has 0 atom stereocenters. The summed E-state index contributed by atoms with van der Waals surface area (Å²) < 4.78 is 1.92. The fourth-order valence-corrected chi connectivity index (χ4v) is 2.36. The number of unbranched alkanes of at least 4 members (excludes halogenated alkanes) is 9. The van der Waals surface area contributed by atoms with Gasteiger partial charge in [-0.3, -0.25) is 0 Å². The third-order valence-electron chi connectivity index (χ3n) is 3.56. The molecule has 1 aromatic heterocycles. The molecule has 0 bridgehead atoms. The molecule has 0 fully saturated rings. The lowest BCUT2D eigenvalue weighted by molar-refractivity contribution is 0.536. The Hall–Kier alpha value is -0.920. The van der Waals surface area contributed by atoms with E-state index in [-0.39, 0.29) is 0 Å². The standard InChI is InChI=1S/C16H28N2/c1-2-3-4-5-6-7-8-9-10-11-14-18-15-12-13-16(18)17/h12-13,15H,2-11,14H2,1H3. The molecule has 18 heavy (non-hydrogen) atoms. The maximum Gasteiger partial charge on any atom is 0.155 e. The van der Waals surface area contributed by atoms with Crippen LogP contribution in [-0.4, -0.2) is 4.57 Å². The lowest BCUT2D eigenvalue weighted by Gasteiger charge is -2.04. The second kappa shape index (κ2) is 10.0. The first kappa shape index (κ1) is 15.1. The Bertz CT molecular complexity index is 291. The normalized spacial score (nSPS) is 10.9. The van der Waals surface area contributed by atoms with Crippen LogP contribution in [0.2, 0.25) is 0 Å². The maximum atomic E-state index is 9.46. The summed E-state index contributed by atoms with van der Waals surface area (Å²) in [5.41, 5.74) is 9.46. The van der Waals surface area contributed by atoms with E-state index in [0.29, 0.717) is 5.82 Å². The zero-order chi connectivity index (χ0) is 13.1. The van der Waals surface area contributed by atoms with E-state index in [1.807, 2.05) is 16.8 Å². The first-order chi connectivity index (χ1) is 8.84. The molecule has 0 spiro atoms. The highest BCUT2D eigenvalue weighted by molar-refractivity contribution is 5.24. The Morgan fingerprint density at radius 2 is 1.44 bits per heavy atom. The summed E-state index contributed by atoms with van der Waals surface area (Å²) in [6.07, 6.45) is 15.5. The van der Waals surface area contributed by atoms with Gasteiger partial charge in [-0.2, -0.15) is 0 Å². The third-order valence-corrected chi connectivity index (χ3v) is 3.56. The van der Waals surface area contributed by atoms with E-state index in [4.69, 9.17) is 0 Å². The second-order valence-electron chi connectivity index (χ2n) is 5.24. The van der Waals surface area contributed by atoms with Gasteiger partial charge in [0, 0.05) is 12.7 Å². The Morgan fingerprint density at radius 3 is 1.94 bits per heavy atom. The molecule has 1 rings (SSSR count). The van der Waals surface area contributed by atoms with Crippen LogP contribution < -0.4 is 5.73 Å². The van der Waals surface area contributed by atoms with Gasteiger partial charge in [-0.1, -0.05) is 64.7 Å². The molecular formula is C16H28N2. The first-order valence-corrected chi connectivity index (χ1v) is 7.68. The van der Waals surface area contributed by atoms with Crippen molar-refractivity contribution < 1.29 is 0 Å². The molecule has 2 radical (unpaired) electrons. The molecule has 0 amide bonds. The van der Waals surface area contributed by atoms with Crippen molar-refractivity contribution in [3.8, 4) is 0 Å². The van der Waals surface area contributed by atoms with Crippen molar-refractivity contribution in [2.24, 2.45) is 0 Å². The summed E-state index contributed by atoms with van der Waals surface area (Å²) in [4.78, 5) is 0. The number of hydrogen-bond donors (Lipinski definition) is 0. The highest BCUT2D eigenvalue weighted by Gasteiger charge is 1.97. The monoisotopic (exact) mass is 248 g/mol. The molecule has 2 nitrogen and oxygen atoms in total.